The summed E-state index contributed by atoms with van der Waals surface area (Å²) in [5.74, 6) is -1.32. The number of hydrogen-bond acceptors (Lipinski definition) is 5. The van der Waals surface area contributed by atoms with E-state index in [1.807, 2.05) is 0 Å². The quantitative estimate of drug-likeness (QED) is 0.644. The standard InChI is InChI=1S/C18H15ClFN3O3S2/c1-23(28(2,25)26)13-6-3-11(4-7-13)16-10-27-18(21-16)22-17(24)14-9-12(19)5-8-15(14)20/h3-10H,1-2H3,(H,21,22,24). The third kappa shape index (κ3) is 4.49. The summed E-state index contributed by atoms with van der Waals surface area (Å²) in [6.07, 6.45) is 1.12. The van der Waals surface area contributed by atoms with Gasteiger partial charge in [0.25, 0.3) is 5.91 Å². The SMILES string of the molecule is CN(c1ccc(-c2csc(NC(=O)c3cc(Cl)ccc3F)n2)cc1)S(C)(=O)=O. The molecule has 0 saturated heterocycles. The molecule has 1 heterocycles. The lowest BCUT2D eigenvalue weighted by atomic mass is 10.1. The molecule has 0 saturated carbocycles. The van der Waals surface area contributed by atoms with Crippen molar-refractivity contribution in [3.8, 4) is 11.3 Å². The molecule has 0 spiro atoms. The van der Waals surface area contributed by atoms with Gasteiger partial charge in [-0.05, 0) is 30.3 Å². The molecule has 0 aliphatic carbocycles. The highest BCUT2D eigenvalue weighted by Crippen LogP contribution is 2.27. The molecule has 1 amide bonds. The minimum atomic E-state index is -3.34. The van der Waals surface area contributed by atoms with Crippen molar-refractivity contribution in [3.05, 3.63) is 64.2 Å². The number of rotatable bonds is 5. The molecule has 1 aromatic heterocycles. The van der Waals surface area contributed by atoms with Gasteiger partial charge in [0.2, 0.25) is 10.0 Å². The van der Waals surface area contributed by atoms with Gasteiger partial charge >= 0.3 is 0 Å². The molecule has 0 aliphatic heterocycles. The molecule has 0 aliphatic rings. The molecule has 146 valence electrons. The first-order valence-electron chi connectivity index (χ1n) is 7.91. The number of carbonyl (C=O) groups excluding carboxylic acids is 1. The largest absolute Gasteiger partial charge is 0.298 e. The van der Waals surface area contributed by atoms with Gasteiger partial charge in [0.05, 0.1) is 23.2 Å². The summed E-state index contributed by atoms with van der Waals surface area (Å²) < 4.78 is 38.2. The highest BCUT2D eigenvalue weighted by molar-refractivity contribution is 7.92. The Bertz CT molecular complexity index is 1130. The van der Waals surface area contributed by atoms with Crippen molar-refractivity contribution in [1.82, 2.24) is 4.98 Å². The molecule has 10 heteroatoms. The third-order valence-corrected chi connectivity index (χ3v) is 6.12. The fourth-order valence-corrected chi connectivity index (χ4v) is 3.72. The number of thiazole rings is 1. The second-order valence-electron chi connectivity index (χ2n) is 5.89. The number of hydrogen-bond donors (Lipinski definition) is 1. The fraction of sp³-hybridized carbons (Fsp3) is 0.111. The van der Waals surface area contributed by atoms with Gasteiger partial charge in [-0.25, -0.2) is 17.8 Å². The minimum Gasteiger partial charge on any atom is -0.298 e. The zero-order valence-corrected chi connectivity index (χ0v) is 17.2. The lowest BCUT2D eigenvalue weighted by Gasteiger charge is -2.16. The zero-order chi connectivity index (χ0) is 20.5. The number of carbonyl (C=O) groups is 1. The van der Waals surface area contributed by atoms with E-state index < -0.39 is 21.7 Å². The van der Waals surface area contributed by atoms with Crippen LogP contribution in [0.2, 0.25) is 5.02 Å². The van der Waals surface area contributed by atoms with Crippen LogP contribution in [0, 0.1) is 5.82 Å². The summed E-state index contributed by atoms with van der Waals surface area (Å²) in [5.41, 5.74) is 1.70. The van der Waals surface area contributed by atoms with Crippen LogP contribution in [0.3, 0.4) is 0 Å². The number of sulfonamides is 1. The van der Waals surface area contributed by atoms with Gasteiger partial charge in [-0.2, -0.15) is 0 Å². The van der Waals surface area contributed by atoms with Crippen LogP contribution in [0.25, 0.3) is 11.3 Å². The van der Waals surface area contributed by atoms with Crippen LogP contribution < -0.4 is 9.62 Å². The lowest BCUT2D eigenvalue weighted by molar-refractivity contribution is 0.102. The Morgan fingerprint density at radius 3 is 2.54 bits per heavy atom. The van der Waals surface area contributed by atoms with E-state index in [1.165, 1.54) is 34.8 Å². The minimum absolute atomic E-state index is 0.169. The van der Waals surface area contributed by atoms with E-state index in [2.05, 4.69) is 10.3 Å². The van der Waals surface area contributed by atoms with Crippen molar-refractivity contribution in [2.24, 2.45) is 0 Å². The van der Waals surface area contributed by atoms with Crippen molar-refractivity contribution in [3.63, 3.8) is 0 Å². The predicted octanol–water partition coefficient (Wildman–Crippen LogP) is 4.25. The molecule has 1 N–H and O–H groups in total. The van der Waals surface area contributed by atoms with Crippen LogP contribution in [0.15, 0.2) is 47.8 Å². The molecular weight excluding hydrogens is 425 g/mol. The number of benzene rings is 2. The fourth-order valence-electron chi connectivity index (χ4n) is 2.33. The Morgan fingerprint density at radius 1 is 1.21 bits per heavy atom. The summed E-state index contributed by atoms with van der Waals surface area (Å²) in [6.45, 7) is 0. The van der Waals surface area contributed by atoms with Crippen LogP contribution in [0.5, 0.6) is 0 Å². The number of anilines is 2. The molecule has 0 atom stereocenters. The van der Waals surface area contributed by atoms with Gasteiger partial charge in [0.1, 0.15) is 5.82 Å². The van der Waals surface area contributed by atoms with E-state index in [9.17, 15) is 17.6 Å². The Balaban J connectivity index is 1.77. The summed E-state index contributed by atoms with van der Waals surface area (Å²) in [4.78, 5) is 16.6. The number of nitrogens with zero attached hydrogens (tertiary/aromatic N) is 2. The van der Waals surface area contributed by atoms with Crippen LogP contribution in [0.1, 0.15) is 10.4 Å². The molecule has 2 aromatic carbocycles. The molecule has 0 bridgehead atoms. The maximum absolute atomic E-state index is 13.8. The average Bonchev–Trinajstić information content (AvgIpc) is 3.11. The van der Waals surface area contributed by atoms with Crippen LogP contribution in [-0.4, -0.2) is 32.6 Å². The smallest absolute Gasteiger partial charge is 0.260 e. The van der Waals surface area contributed by atoms with Crippen molar-refractivity contribution >= 4 is 49.7 Å². The monoisotopic (exact) mass is 439 g/mol. The number of aromatic nitrogens is 1. The highest BCUT2D eigenvalue weighted by atomic mass is 35.5. The topological polar surface area (TPSA) is 79.4 Å². The summed E-state index contributed by atoms with van der Waals surface area (Å²) in [5, 5.41) is 4.84. The Kier molecular flexibility index (Phi) is 5.69. The molecule has 0 radical (unpaired) electrons. The normalized spacial score (nSPS) is 11.3. The van der Waals surface area contributed by atoms with Gasteiger partial charge in [0, 0.05) is 23.0 Å². The Labute approximate surface area is 170 Å². The zero-order valence-electron chi connectivity index (χ0n) is 14.8. The first kappa shape index (κ1) is 20.2. The van der Waals surface area contributed by atoms with E-state index in [-0.39, 0.29) is 10.6 Å². The van der Waals surface area contributed by atoms with Crippen LogP contribution >= 0.6 is 22.9 Å². The first-order valence-corrected chi connectivity index (χ1v) is 11.0. The second kappa shape index (κ2) is 7.86. The summed E-state index contributed by atoms with van der Waals surface area (Å²) in [6, 6.07) is 10.5. The van der Waals surface area contributed by atoms with Gasteiger partial charge in [0.15, 0.2) is 5.13 Å². The van der Waals surface area contributed by atoms with E-state index in [0.717, 1.165) is 17.9 Å². The molecule has 3 rings (SSSR count). The Hall–Kier alpha value is -2.49. The van der Waals surface area contributed by atoms with Crippen LogP contribution in [0.4, 0.5) is 15.2 Å². The first-order chi connectivity index (χ1) is 13.1. The number of amides is 1. The van der Waals surface area contributed by atoms with Gasteiger partial charge in [-0.1, -0.05) is 23.7 Å². The molecule has 0 unspecified atom stereocenters. The van der Waals surface area contributed by atoms with E-state index in [1.54, 1.807) is 29.6 Å². The van der Waals surface area contributed by atoms with Gasteiger partial charge in [-0.3, -0.25) is 14.4 Å². The van der Waals surface area contributed by atoms with E-state index >= 15 is 0 Å². The highest BCUT2D eigenvalue weighted by Gasteiger charge is 2.15. The molecule has 28 heavy (non-hydrogen) atoms. The van der Waals surface area contributed by atoms with Crippen LogP contribution in [-0.2, 0) is 10.0 Å². The predicted molar refractivity (Wildman–Crippen MR) is 110 cm³/mol. The maximum Gasteiger partial charge on any atom is 0.260 e. The van der Waals surface area contributed by atoms with Crippen molar-refractivity contribution in [1.29, 1.82) is 0 Å². The van der Waals surface area contributed by atoms with E-state index in [4.69, 9.17) is 11.6 Å². The molecule has 3 aromatic rings. The average molecular weight is 440 g/mol. The second-order valence-corrected chi connectivity index (χ2v) is 9.20. The third-order valence-electron chi connectivity index (χ3n) is 3.92. The van der Waals surface area contributed by atoms with Crippen molar-refractivity contribution < 1.29 is 17.6 Å². The molecular formula is C18H15ClFN3O3S2. The van der Waals surface area contributed by atoms with E-state index in [0.29, 0.717) is 16.5 Å². The van der Waals surface area contributed by atoms with Gasteiger partial charge < -0.3 is 0 Å². The molecule has 0 fully saturated rings. The summed E-state index contributed by atoms with van der Waals surface area (Å²) >= 11 is 7.00. The lowest BCUT2D eigenvalue weighted by Crippen LogP contribution is -2.24. The Morgan fingerprint density at radius 2 is 1.89 bits per heavy atom. The number of nitrogens with one attached hydrogen (secondary N) is 1. The maximum atomic E-state index is 13.8. The van der Waals surface area contributed by atoms with Crippen molar-refractivity contribution in [2.45, 2.75) is 0 Å². The molecule has 6 nitrogen and oxygen atoms in total. The van der Waals surface area contributed by atoms with Gasteiger partial charge in [-0.15, -0.1) is 11.3 Å². The number of halogens is 2. The van der Waals surface area contributed by atoms with Crippen molar-refractivity contribution in [2.75, 3.05) is 22.9 Å². The summed E-state index contributed by atoms with van der Waals surface area (Å²) in [7, 11) is -1.88.